The number of carbonyl (C=O) groups excluding carboxylic acids is 2. The van der Waals surface area contributed by atoms with Gasteiger partial charge in [-0.3, -0.25) is 18.9 Å². The van der Waals surface area contributed by atoms with Crippen LogP contribution in [0.3, 0.4) is 0 Å². The van der Waals surface area contributed by atoms with E-state index in [1.165, 1.54) is 11.3 Å². The van der Waals surface area contributed by atoms with Crippen molar-refractivity contribution in [1.29, 1.82) is 0 Å². The van der Waals surface area contributed by atoms with E-state index in [0.717, 1.165) is 34.5 Å². The van der Waals surface area contributed by atoms with Crippen molar-refractivity contribution in [1.82, 2.24) is 10.3 Å². The summed E-state index contributed by atoms with van der Waals surface area (Å²) in [6.45, 7) is 2.01. The normalized spacial score (nSPS) is 12.9. The first-order chi connectivity index (χ1) is 18.8. The first kappa shape index (κ1) is 28.2. The van der Waals surface area contributed by atoms with Crippen LogP contribution in [0.5, 0.6) is 0 Å². The van der Waals surface area contributed by atoms with Gasteiger partial charge in [-0.2, -0.15) is 8.42 Å². The van der Waals surface area contributed by atoms with Crippen molar-refractivity contribution >= 4 is 39.5 Å². The Labute approximate surface area is 232 Å². The molecule has 39 heavy (non-hydrogen) atoms. The number of thiazole rings is 1. The van der Waals surface area contributed by atoms with Crippen LogP contribution in [-0.2, 0) is 34.4 Å². The average Bonchev–Trinajstić information content (AvgIpc) is 3.41. The Kier molecular flexibility index (Phi) is 9.23. The second-order valence-corrected chi connectivity index (χ2v) is 11.1. The van der Waals surface area contributed by atoms with E-state index in [2.05, 4.69) is 5.32 Å². The summed E-state index contributed by atoms with van der Waals surface area (Å²) in [6, 6.07) is 22.9. The molecular weight excluding hydrogens is 534 g/mol. The smallest absolute Gasteiger partial charge is 0.346 e. The zero-order valence-electron chi connectivity index (χ0n) is 21.3. The van der Waals surface area contributed by atoms with Gasteiger partial charge in [0.15, 0.2) is 0 Å². The summed E-state index contributed by atoms with van der Waals surface area (Å²) < 4.78 is 33.3. The molecule has 4 aromatic rings. The molecule has 2 atom stereocenters. The molecule has 4 rings (SSSR count). The average molecular weight is 564 g/mol. The van der Waals surface area contributed by atoms with Crippen LogP contribution < -0.4 is 10.0 Å². The number of aryl methyl sites for hydroxylation is 1. The van der Waals surface area contributed by atoms with E-state index >= 15 is 0 Å². The summed E-state index contributed by atoms with van der Waals surface area (Å²) in [4.78, 5) is 30.5. The molecule has 0 spiro atoms. The lowest BCUT2D eigenvalue weighted by atomic mass is 9.88. The Bertz CT molecular complexity index is 1520. The van der Waals surface area contributed by atoms with Crippen molar-refractivity contribution in [2.24, 2.45) is 0 Å². The Morgan fingerprint density at radius 2 is 1.64 bits per heavy atom. The van der Waals surface area contributed by atoms with Gasteiger partial charge >= 0.3 is 10.3 Å². The third-order valence-electron chi connectivity index (χ3n) is 6.28. The molecule has 1 unspecified atom stereocenters. The highest BCUT2D eigenvalue weighted by molar-refractivity contribution is 7.87. The van der Waals surface area contributed by atoms with Crippen molar-refractivity contribution in [3.63, 3.8) is 0 Å². The lowest BCUT2D eigenvalue weighted by Gasteiger charge is -2.23. The second-order valence-electron chi connectivity index (χ2n) is 9.06. The van der Waals surface area contributed by atoms with Gasteiger partial charge < -0.3 is 5.32 Å². The van der Waals surface area contributed by atoms with Gasteiger partial charge in [0.2, 0.25) is 5.91 Å². The molecule has 0 saturated heterocycles. The van der Waals surface area contributed by atoms with Gasteiger partial charge in [-0.25, -0.2) is 4.98 Å². The molecule has 3 N–H and O–H groups in total. The molecule has 0 aliphatic heterocycles. The van der Waals surface area contributed by atoms with Crippen molar-refractivity contribution in [3.8, 4) is 0 Å². The number of aromatic nitrogens is 1. The zero-order valence-corrected chi connectivity index (χ0v) is 22.9. The van der Waals surface area contributed by atoms with Crippen LogP contribution >= 0.6 is 11.3 Å². The Hall–Kier alpha value is -3.86. The fourth-order valence-corrected chi connectivity index (χ4v) is 5.73. The van der Waals surface area contributed by atoms with Crippen molar-refractivity contribution < 1.29 is 22.6 Å². The van der Waals surface area contributed by atoms with Gasteiger partial charge in [-0.1, -0.05) is 73.7 Å². The van der Waals surface area contributed by atoms with Gasteiger partial charge in [0.05, 0.1) is 23.3 Å². The van der Waals surface area contributed by atoms with Crippen molar-refractivity contribution in [3.05, 3.63) is 117 Å². The standard InChI is InChI=1S/C29H29N3O5S2/c1-2-23-19-38-29(30-23)27(17-21-12-14-24(15-13-21)32-39(35,36)37)31-28(34)26(16-20-8-4-3-5-9-20)25-11-7-6-10-22(25)18-33/h3-15,18-19,26-27,32H,2,16-17H2,1H3,(H,31,34)(H,35,36,37)/t26?,27-/m0/s1. The Balaban J connectivity index is 1.64. The topological polar surface area (TPSA) is 125 Å². The molecule has 10 heteroatoms. The molecule has 3 aromatic carbocycles. The Morgan fingerprint density at radius 1 is 0.974 bits per heavy atom. The highest BCUT2D eigenvalue weighted by Crippen LogP contribution is 2.28. The van der Waals surface area contributed by atoms with Gasteiger partial charge in [0, 0.05) is 10.9 Å². The van der Waals surface area contributed by atoms with Gasteiger partial charge in [-0.15, -0.1) is 11.3 Å². The lowest BCUT2D eigenvalue weighted by molar-refractivity contribution is -0.123. The summed E-state index contributed by atoms with van der Waals surface area (Å²) in [7, 11) is -4.38. The predicted molar refractivity (Wildman–Crippen MR) is 152 cm³/mol. The molecule has 0 aliphatic carbocycles. The highest BCUT2D eigenvalue weighted by Gasteiger charge is 2.27. The molecule has 0 fully saturated rings. The largest absolute Gasteiger partial charge is 0.357 e. The molecular formula is C29H29N3O5S2. The number of amides is 1. The van der Waals surface area contributed by atoms with E-state index in [0.29, 0.717) is 24.0 Å². The molecule has 8 nitrogen and oxygen atoms in total. The lowest BCUT2D eigenvalue weighted by Crippen LogP contribution is -2.35. The second kappa shape index (κ2) is 12.8. The van der Waals surface area contributed by atoms with E-state index in [9.17, 15) is 18.0 Å². The summed E-state index contributed by atoms with van der Waals surface area (Å²) in [5.74, 6) is -0.834. The highest BCUT2D eigenvalue weighted by atomic mass is 32.2. The molecule has 0 bridgehead atoms. The van der Waals surface area contributed by atoms with Crippen LogP contribution in [0.2, 0.25) is 0 Å². The van der Waals surface area contributed by atoms with E-state index < -0.39 is 22.3 Å². The molecule has 0 saturated carbocycles. The van der Waals surface area contributed by atoms with E-state index in [1.807, 2.05) is 59.5 Å². The maximum atomic E-state index is 13.9. The number of aldehydes is 1. The maximum Gasteiger partial charge on any atom is 0.357 e. The minimum absolute atomic E-state index is 0.220. The van der Waals surface area contributed by atoms with Crippen LogP contribution in [0.1, 0.15) is 56.6 Å². The quantitative estimate of drug-likeness (QED) is 0.162. The van der Waals surface area contributed by atoms with Gasteiger partial charge in [0.1, 0.15) is 11.3 Å². The van der Waals surface area contributed by atoms with Crippen LogP contribution in [0, 0.1) is 0 Å². The minimum atomic E-state index is -4.38. The third kappa shape index (κ3) is 7.82. The fourth-order valence-electron chi connectivity index (χ4n) is 4.34. The molecule has 0 aliphatic rings. The van der Waals surface area contributed by atoms with E-state index in [1.54, 1.807) is 36.4 Å². The molecule has 1 amide bonds. The number of hydrogen-bond donors (Lipinski definition) is 3. The summed E-state index contributed by atoms with van der Waals surface area (Å²) in [5, 5.41) is 5.91. The number of carbonyl (C=O) groups is 2. The monoisotopic (exact) mass is 563 g/mol. The van der Waals surface area contributed by atoms with E-state index in [-0.39, 0.29) is 11.6 Å². The molecule has 1 aromatic heterocycles. The van der Waals surface area contributed by atoms with Crippen molar-refractivity contribution in [2.45, 2.75) is 38.1 Å². The number of benzene rings is 3. The third-order valence-corrected chi connectivity index (χ3v) is 7.79. The maximum absolute atomic E-state index is 13.9. The number of nitrogens with zero attached hydrogens (tertiary/aromatic N) is 1. The fraction of sp³-hybridized carbons (Fsp3) is 0.207. The van der Waals surface area contributed by atoms with Crippen LogP contribution in [0.25, 0.3) is 0 Å². The Morgan fingerprint density at radius 3 is 2.28 bits per heavy atom. The SMILES string of the molecule is CCc1csc([C@H](Cc2ccc(NS(=O)(=O)O)cc2)NC(=O)C(Cc2ccccc2)c2ccccc2C=O)n1. The number of rotatable bonds is 12. The number of nitrogens with one attached hydrogen (secondary N) is 2. The van der Waals surface area contributed by atoms with Crippen LogP contribution in [0.4, 0.5) is 5.69 Å². The molecule has 202 valence electrons. The molecule has 1 heterocycles. The van der Waals surface area contributed by atoms with Crippen LogP contribution in [0.15, 0.2) is 84.2 Å². The predicted octanol–water partition coefficient (Wildman–Crippen LogP) is 5.16. The minimum Gasteiger partial charge on any atom is -0.346 e. The summed E-state index contributed by atoms with van der Waals surface area (Å²) in [5.41, 5.74) is 4.07. The van der Waals surface area contributed by atoms with Gasteiger partial charge in [0.25, 0.3) is 0 Å². The molecule has 0 radical (unpaired) electrons. The van der Waals surface area contributed by atoms with E-state index in [4.69, 9.17) is 9.54 Å². The first-order valence-corrected chi connectivity index (χ1v) is 14.7. The van der Waals surface area contributed by atoms with Gasteiger partial charge in [-0.05, 0) is 48.1 Å². The van der Waals surface area contributed by atoms with Crippen molar-refractivity contribution in [2.75, 3.05) is 4.72 Å². The number of hydrogen-bond acceptors (Lipinski definition) is 6. The summed E-state index contributed by atoms with van der Waals surface area (Å²) in [6.07, 6.45) is 2.35. The zero-order chi connectivity index (χ0) is 27.8. The first-order valence-electron chi connectivity index (χ1n) is 12.4. The number of anilines is 1. The summed E-state index contributed by atoms with van der Waals surface area (Å²) >= 11 is 1.47. The van der Waals surface area contributed by atoms with Crippen LogP contribution in [-0.4, -0.2) is 30.1 Å².